The molecule has 202 valence electrons. The van der Waals surface area contributed by atoms with Crippen LogP contribution in [0, 0.1) is 0 Å². The molecule has 5 aromatic carbocycles. The number of fused-ring (bicyclic) bond motifs is 8. The van der Waals surface area contributed by atoms with Gasteiger partial charge in [0.15, 0.2) is 5.82 Å². The minimum absolute atomic E-state index is 0.739. The molecule has 9 rings (SSSR count). The lowest BCUT2D eigenvalue weighted by Gasteiger charge is -2.16. The van der Waals surface area contributed by atoms with Crippen LogP contribution in [-0.2, 0) is 6.42 Å². The van der Waals surface area contributed by atoms with Crippen molar-refractivity contribution in [3.05, 3.63) is 144 Å². The highest BCUT2D eigenvalue weighted by Crippen LogP contribution is 2.44. The molecule has 1 aliphatic carbocycles. The highest BCUT2D eigenvalue weighted by Gasteiger charge is 2.24. The number of hydrogen-bond donors (Lipinski definition) is 0. The molecule has 0 atom stereocenters. The molecule has 43 heavy (non-hydrogen) atoms. The fraction of sp³-hybridized carbons (Fsp3) is 0.0256. The quantitative estimate of drug-likeness (QED) is 0.213. The summed E-state index contributed by atoms with van der Waals surface area (Å²) in [5, 5.41) is 3.75. The predicted molar refractivity (Wildman–Crippen MR) is 181 cm³/mol. The topological polar surface area (TPSA) is 30.7 Å². The van der Waals surface area contributed by atoms with Gasteiger partial charge in [0.1, 0.15) is 0 Å². The van der Waals surface area contributed by atoms with Crippen LogP contribution in [0.2, 0.25) is 0 Å². The summed E-state index contributed by atoms with van der Waals surface area (Å²) in [6, 6.07) is 45.1. The van der Waals surface area contributed by atoms with E-state index in [4.69, 9.17) is 9.97 Å². The predicted octanol–water partition coefficient (Wildman–Crippen LogP) is 10.4. The summed E-state index contributed by atoms with van der Waals surface area (Å²) >= 11 is 1.83. The van der Waals surface area contributed by atoms with Gasteiger partial charge in [-0.1, -0.05) is 103 Å². The Morgan fingerprint density at radius 1 is 0.581 bits per heavy atom. The molecular formula is C39H25N3S. The summed E-state index contributed by atoms with van der Waals surface area (Å²) < 4.78 is 3.63. The Kier molecular flexibility index (Phi) is 5.43. The van der Waals surface area contributed by atoms with E-state index >= 15 is 0 Å². The Balaban J connectivity index is 1.31. The van der Waals surface area contributed by atoms with E-state index in [-0.39, 0.29) is 0 Å². The van der Waals surface area contributed by atoms with Gasteiger partial charge >= 0.3 is 0 Å². The molecule has 0 saturated carbocycles. The molecule has 3 aromatic heterocycles. The van der Waals surface area contributed by atoms with Crippen LogP contribution in [0.15, 0.2) is 133 Å². The van der Waals surface area contributed by atoms with Crippen molar-refractivity contribution < 1.29 is 0 Å². The third-order valence-electron chi connectivity index (χ3n) is 8.45. The number of rotatable bonds is 3. The second-order valence-corrected chi connectivity index (χ2v) is 12.0. The van der Waals surface area contributed by atoms with Crippen LogP contribution in [0.4, 0.5) is 0 Å². The molecule has 0 aliphatic heterocycles. The molecule has 8 aromatic rings. The van der Waals surface area contributed by atoms with E-state index in [1.54, 1.807) is 0 Å². The first-order valence-corrected chi connectivity index (χ1v) is 15.4. The summed E-state index contributed by atoms with van der Waals surface area (Å²) in [5.41, 5.74) is 9.99. The van der Waals surface area contributed by atoms with Crippen LogP contribution in [0.5, 0.6) is 0 Å². The maximum Gasteiger partial charge on any atom is 0.160 e. The van der Waals surface area contributed by atoms with Gasteiger partial charge in [0.2, 0.25) is 0 Å². The Hall–Kier alpha value is -5.32. The molecule has 1 aliphatic rings. The highest BCUT2D eigenvalue weighted by molar-refractivity contribution is 7.20. The zero-order valence-electron chi connectivity index (χ0n) is 23.2. The van der Waals surface area contributed by atoms with Gasteiger partial charge in [0, 0.05) is 53.7 Å². The zero-order chi connectivity index (χ0) is 28.3. The third-order valence-corrected chi connectivity index (χ3v) is 9.58. The van der Waals surface area contributed by atoms with Crippen molar-refractivity contribution >= 4 is 49.3 Å². The monoisotopic (exact) mass is 567 g/mol. The van der Waals surface area contributed by atoms with Crippen LogP contribution in [-0.4, -0.2) is 14.5 Å². The first-order valence-electron chi connectivity index (χ1n) is 14.6. The number of nitrogens with zero attached hydrogens (tertiary/aromatic N) is 3. The van der Waals surface area contributed by atoms with Crippen molar-refractivity contribution in [2.45, 2.75) is 6.42 Å². The maximum atomic E-state index is 5.39. The SMILES string of the molecule is C1=Cc2sc3ccccc3c2-c2nc(-c3cccc(-n4c5ccccc5c5ccccc54)c3)nc(-c3ccccc3)c2C1. The van der Waals surface area contributed by atoms with Gasteiger partial charge in [0.05, 0.1) is 22.4 Å². The lowest BCUT2D eigenvalue weighted by Crippen LogP contribution is -2.03. The first-order chi connectivity index (χ1) is 21.3. The molecule has 3 heterocycles. The minimum Gasteiger partial charge on any atom is -0.309 e. The average Bonchev–Trinajstić information content (AvgIpc) is 3.54. The molecule has 0 N–H and O–H groups in total. The van der Waals surface area contributed by atoms with Crippen molar-refractivity contribution in [1.29, 1.82) is 0 Å². The number of thiophene rings is 1. The number of allylic oxidation sites excluding steroid dienone is 1. The molecule has 0 bridgehead atoms. The van der Waals surface area contributed by atoms with Crippen LogP contribution < -0.4 is 0 Å². The Bertz CT molecular complexity index is 2320. The van der Waals surface area contributed by atoms with Crippen LogP contribution >= 0.6 is 11.3 Å². The summed E-state index contributed by atoms with van der Waals surface area (Å²) in [5.74, 6) is 0.739. The van der Waals surface area contributed by atoms with Crippen LogP contribution in [0.25, 0.3) is 77.6 Å². The van der Waals surface area contributed by atoms with Gasteiger partial charge in [0.25, 0.3) is 0 Å². The average molecular weight is 568 g/mol. The third kappa shape index (κ3) is 3.80. The van der Waals surface area contributed by atoms with E-state index in [9.17, 15) is 0 Å². The molecule has 0 amide bonds. The molecule has 4 heteroatoms. The number of para-hydroxylation sites is 2. The van der Waals surface area contributed by atoms with Crippen molar-refractivity contribution in [2.75, 3.05) is 0 Å². The van der Waals surface area contributed by atoms with Gasteiger partial charge in [-0.2, -0.15) is 0 Å². The maximum absolute atomic E-state index is 5.39. The molecular weight excluding hydrogens is 543 g/mol. The van der Waals surface area contributed by atoms with E-state index in [1.165, 1.54) is 47.9 Å². The molecule has 0 radical (unpaired) electrons. The molecule has 3 nitrogen and oxygen atoms in total. The van der Waals surface area contributed by atoms with Crippen molar-refractivity contribution in [3.63, 3.8) is 0 Å². The Morgan fingerprint density at radius 3 is 2.02 bits per heavy atom. The largest absolute Gasteiger partial charge is 0.309 e. The highest BCUT2D eigenvalue weighted by atomic mass is 32.1. The Labute approximate surface area is 253 Å². The van der Waals surface area contributed by atoms with Gasteiger partial charge in [-0.25, -0.2) is 9.97 Å². The van der Waals surface area contributed by atoms with Crippen molar-refractivity contribution in [1.82, 2.24) is 14.5 Å². The van der Waals surface area contributed by atoms with Gasteiger partial charge in [-0.05, 0) is 42.8 Å². The van der Waals surface area contributed by atoms with Crippen LogP contribution in [0.3, 0.4) is 0 Å². The smallest absolute Gasteiger partial charge is 0.160 e. The Morgan fingerprint density at radius 2 is 1.23 bits per heavy atom. The van der Waals surface area contributed by atoms with Gasteiger partial charge in [-0.3, -0.25) is 0 Å². The lowest BCUT2D eigenvalue weighted by molar-refractivity contribution is 1.11. The molecule has 0 saturated heterocycles. The first kappa shape index (κ1) is 24.3. The fourth-order valence-corrected chi connectivity index (χ4v) is 7.68. The van der Waals surface area contributed by atoms with E-state index in [0.29, 0.717) is 0 Å². The standard InChI is InChI=1S/C39H25N3S/c1-2-12-25(13-3-1)37-31-19-11-23-35-36(30-18-6-9-22-34(30)43-35)38(31)41-39(40-37)26-14-10-15-27(24-26)42-32-20-7-4-16-28(32)29-17-5-8-21-33(29)42/h1-18,20-24H,19H2. The van der Waals surface area contributed by atoms with E-state index in [0.717, 1.165) is 40.4 Å². The summed E-state index contributed by atoms with van der Waals surface area (Å²) in [4.78, 5) is 11.9. The fourth-order valence-electron chi connectivity index (χ4n) is 6.54. The summed E-state index contributed by atoms with van der Waals surface area (Å²) in [7, 11) is 0. The van der Waals surface area contributed by atoms with Crippen molar-refractivity contribution in [3.8, 4) is 39.6 Å². The zero-order valence-corrected chi connectivity index (χ0v) is 24.1. The summed E-state index contributed by atoms with van der Waals surface area (Å²) in [6.45, 7) is 0. The van der Waals surface area contributed by atoms with Gasteiger partial charge < -0.3 is 4.57 Å². The van der Waals surface area contributed by atoms with E-state index in [2.05, 4.69) is 144 Å². The lowest BCUT2D eigenvalue weighted by atomic mass is 9.97. The minimum atomic E-state index is 0.739. The second-order valence-electron chi connectivity index (χ2n) is 11.0. The normalized spacial score (nSPS) is 12.5. The second kappa shape index (κ2) is 9.62. The number of benzene rings is 5. The number of aromatic nitrogens is 3. The molecule has 0 spiro atoms. The summed E-state index contributed by atoms with van der Waals surface area (Å²) in [6.07, 6.45) is 5.31. The van der Waals surface area contributed by atoms with Crippen molar-refractivity contribution in [2.24, 2.45) is 0 Å². The van der Waals surface area contributed by atoms with Gasteiger partial charge in [-0.15, -0.1) is 11.3 Å². The van der Waals surface area contributed by atoms with Crippen LogP contribution in [0.1, 0.15) is 10.4 Å². The molecule has 0 fully saturated rings. The van der Waals surface area contributed by atoms with E-state index in [1.807, 2.05) is 11.3 Å². The number of hydrogen-bond acceptors (Lipinski definition) is 3. The molecule has 0 unspecified atom stereocenters. The van der Waals surface area contributed by atoms with E-state index < -0.39 is 0 Å².